The fourth-order valence-corrected chi connectivity index (χ4v) is 13.7. The van der Waals surface area contributed by atoms with Crippen LogP contribution in [-0.2, 0) is 6.42 Å². The summed E-state index contributed by atoms with van der Waals surface area (Å²) in [5.41, 5.74) is 8.12. The summed E-state index contributed by atoms with van der Waals surface area (Å²) in [6.07, 6.45) is 5.56. The molecule has 216 valence electrons. The Morgan fingerprint density at radius 1 is 0.565 bits per heavy atom. The first-order chi connectivity index (χ1) is 22.8. The van der Waals surface area contributed by atoms with E-state index in [4.69, 9.17) is 4.42 Å². The molecule has 10 rings (SSSR count). The molecular weight excluding hydrogens is 575 g/mol. The summed E-state index contributed by atoms with van der Waals surface area (Å²) >= 11 is 0. The van der Waals surface area contributed by atoms with Crippen molar-refractivity contribution in [2.45, 2.75) is 6.42 Å². The van der Waals surface area contributed by atoms with Gasteiger partial charge in [-0.1, -0.05) is 140 Å². The Bertz CT molecular complexity index is 2470. The summed E-state index contributed by atoms with van der Waals surface area (Å²) in [6, 6.07) is 56.0. The molecule has 8 aromatic rings. The van der Waals surface area contributed by atoms with Gasteiger partial charge in [-0.15, -0.1) is 0 Å². The van der Waals surface area contributed by atoms with Crippen molar-refractivity contribution in [1.82, 2.24) is 0 Å². The van der Waals surface area contributed by atoms with E-state index >= 15 is 0 Å². The van der Waals surface area contributed by atoms with Crippen molar-refractivity contribution in [3.8, 4) is 0 Å². The SMILES string of the molecule is C1=Cc2cccc3cc4c(c(c23)C1)[Si](c1ccccc1)(c1ccccc1)c1ccccc1N4c1cccc2c1oc1ccccc12. The first kappa shape index (κ1) is 25.7. The fourth-order valence-electron chi connectivity index (χ4n) is 8.36. The average molecular weight is 604 g/mol. The number of furan rings is 1. The second-order valence-electron chi connectivity index (χ2n) is 12.4. The van der Waals surface area contributed by atoms with E-state index in [0.29, 0.717) is 0 Å². The molecule has 0 saturated heterocycles. The quantitative estimate of drug-likeness (QED) is 0.188. The maximum atomic E-state index is 6.72. The molecule has 2 heterocycles. The molecule has 0 bridgehead atoms. The standard InChI is InChI=1S/C43H29NOSi/c1-3-17-31(18-4-1)46(32-19-5-2-6-20-32)40-27-10-8-24-36(40)44(37-25-13-22-34-33-21-7-9-26-39(33)45-42(34)37)38-28-30-16-11-14-29-15-12-23-35(41(29)30)43(38)46/h1-22,24-28H,23H2. The number of allylic oxidation sites excluding steroid dienone is 1. The minimum atomic E-state index is -2.83. The van der Waals surface area contributed by atoms with E-state index in [9.17, 15) is 0 Å². The molecule has 7 aromatic carbocycles. The second-order valence-corrected chi connectivity index (χ2v) is 16.1. The van der Waals surface area contributed by atoms with Crippen LogP contribution in [0.4, 0.5) is 17.1 Å². The molecule has 0 amide bonds. The minimum Gasteiger partial charge on any atom is -0.454 e. The van der Waals surface area contributed by atoms with Gasteiger partial charge in [-0.3, -0.25) is 0 Å². The highest BCUT2D eigenvalue weighted by atomic mass is 28.3. The number of hydrogen-bond donors (Lipinski definition) is 0. The maximum Gasteiger partial charge on any atom is 0.184 e. The highest BCUT2D eigenvalue weighted by Crippen LogP contribution is 2.46. The predicted molar refractivity (Wildman–Crippen MR) is 196 cm³/mol. The lowest BCUT2D eigenvalue weighted by atomic mass is 9.91. The van der Waals surface area contributed by atoms with Crippen LogP contribution in [0.3, 0.4) is 0 Å². The highest BCUT2D eigenvalue weighted by Gasteiger charge is 2.50. The third-order valence-corrected chi connectivity index (χ3v) is 15.0. The number of para-hydroxylation sites is 3. The van der Waals surface area contributed by atoms with Gasteiger partial charge in [0, 0.05) is 22.1 Å². The van der Waals surface area contributed by atoms with Crippen molar-refractivity contribution in [3.63, 3.8) is 0 Å². The summed E-state index contributed by atoms with van der Waals surface area (Å²) in [5, 5.41) is 10.6. The van der Waals surface area contributed by atoms with Gasteiger partial charge in [0.2, 0.25) is 0 Å². The summed E-state index contributed by atoms with van der Waals surface area (Å²) in [5.74, 6) is 0. The predicted octanol–water partition coefficient (Wildman–Crippen LogP) is 8.47. The number of anilines is 3. The lowest BCUT2D eigenvalue weighted by molar-refractivity contribution is 0.669. The monoisotopic (exact) mass is 603 g/mol. The number of benzene rings is 7. The lowest BCUT2D eigenvalue weighted by Gasteiger charge is -2.46. The fraction of sp³-hybridized carbons (Fsp3) is 0.0233. The average Bonchev–Trinajstić information content (AvgIpc) is 3.51. The van der Waals surface area contributed by atoms with E-state index in [1.165, 1.54) is 54.0 Å². The number of rotatable bonds is 3. The van der Waals surface area contributed by atoms with Gasteiger partial charge in [-0.05, 0) is 73.3 Å². The number of nitrogens with zero attached hydrogens (tertiary/aromatic N) is 1. The Morgan fingerprint density at radius 3 is 2.07 bits per heavy atom. The van der Waals surface area contributed by atoms with Crippen molar-refractivity contribution < 1.29 is 4.42 Å². The van der Waals surface area contributed by atoms with Crippen LogP contribution in [-0.4, -0.2) is 8.07 Å². The van der Waals surface area contributed by atoms with Crippen LogP contribution in [0.2, 0.25) is 0 Å². The third kappa shape index (κ3) is 3.35. The Balaban J connectivity index is 1.43. The molecule has 1 aliphatic heterocycles. The topological polar surface area (TPSA) is 16.4 Å². The Morgan fingerprint density at radius 2 is 1.24 bits per heavy atom. The molecule has 1 aliphatic carbocycles. The van der Waals surface area contributed by atoms with Crippen molar-refractivity contribution >= 4 is 84.7 Å². The summed E-state index contributed by atoms with van der Waals surface area (Å²) in [6.45, 7) is 0. The van der Waals surface area contributed by atoms with Gasteiger partial charge in [0.15, 0.2) is 13.7 Å². The smallest absolute Gasteiger partial charge is 0.184 e. The van der Waals surface area contributed by atoms with Crippen LogP contribution in [0.5, 0.6) is 0 Å². The van der Waals surface area contributed by atoms with Crippen LogP contribution < -0.4 is 25.6 Å². The molecule has 0 spiro atoms. The van der Waals surface area contributed by atoms with E-state index in [1.54, 1.807) is 0 Å². The lowest BCUT2D eigenvalue weighted by Crippen LogP contribution is -2.77. The van der Waals surface area contributed by atoms with Gasteiger partial charge in [0.05, 0.1) is 5.69 Å². The Hall–Kier alpha value is -5.64. The number of hydrogen-bond acceptors (Lipinski definition) is 2. The normalized spacial score (nSPS) is 14.5. The Labute approximate surface area is 268 Å². The van der Waals surface area contributed by atoms with Crippen molar-refractivity contribution in [2.75, 3.05) is 4.90 Å². The largest absolute Gasteiger partial charge is 0.454 e. The highest BCUT2D eigenvalue weighted by molar-refractivity contribution is 7.21. The third-order valence-electron chi connectivity index (χ3n) is 10.1. The zero-order valence-electron chi connectivity index (χ0n) is 25.2. The molecule has 0 atom stereocenters. The van der Waals surface area contributed by atoms with Crippen LogP contribution >= 0.6 is 0 Å². The van der Waals surface area contributed by atoms with E-state index in [2.05, 4.69) is 169 Å². The molecule has 46 heavy (non-hydrogen) atoms. The molecule has 3 heteroatoms. The molecule has 0 unspecified atom stereocenters. The van der Waals surface area contributed by atoms with Crippen molar-refractivity contribution in [2.24, 2.45) is 0 Å². The molecule has 0 fully saturated rings. The summed E-state index contributed by atoms with van der Waals surface area (Å²) in [4.78, 5) is 2.51. The zero-order valence-corrected chi connectivity index (χ0v) is 26.2. The molecule has 0 saturated carbocycles. The van der Waals surface area contributed by atoms with Gasteiger partial charge in [-0.25, -0.2) is 0 Å². The molecule has 0 N–H and O–H groups in total. The van der Waals surface area contributed by atoms with Crippen LogP contribution in [0.1, 0.15) is 11.1 Å². The van der Waals surface area contributed by atoms with Crippen LogP contribution in [0.25, 0.3) is 38.8 Å². The van der Waals surface area contributed by atoms with Gasteiger partial charge >= 0.3 is 0 Å². The van der Waals surface area contributed by atoms with Gasteiger partial charge in [0.1, 0.15) is 5.58 Å². The van der Waals surface area contributed by atoms with E-state index in [1.807, 2.05) is 0 Å². The first-order valence-electron chi connectivity index (χ1n) is 16.0. The van der Waals surface area contributed by atoms with E-state index < -0.39 is 8.07 Å². The molecule has 2 nitrogen and oxygen atoms in total. The summed E-state index contributed by atoms with van der Waals surface area (Å²) in [7, 11) is -2.83. The molecule has 2 aliphatic rings. The Kier molecular flexibility index (Phi) is 5.40. The molecule has 1 aromatic heterocycles. The molecule has 0 radical (unpaired) electrons. The van der Waals surface area contributed by atoms with Crippen molar-refractivity contribution in [3.05, 3.63) is 169 Å². The van der Waals surface area contributed by atoms with Gasteiger partial charge < -0.3 is 9.32 Å². The maximum absolute atomic E-state index is 6.72. The number of fused-ring (bicyclic) bond motifs is 6. The minimum absolute atomic E-state index is 0.899. The van der Waals surface area contributed by atoms with Crippen LogP contribution in [0, 0.1) is 0 Å². The van der Waals surface area contributed by atoms with Gasteiger partial charge in [0.25, 0.3) is 0 Å². The first-order valence-corrected chi connectivity index (χ1v) is 18.0. The van der Waals surface area contributed by atoms with Gasteiger partial charge in [-0.2, -0.15) is 0 Å². The van der Waals surface area contributed by atoms with Crippen molar-refractivity contribution in [1.29, 1.82) is 0 Å². The summed E-state index contributed by atoms with van der Waals surface area (Å²) < 4.78 is 6.72. The zero-order chi connectivity index (χ0) is 30.2. The van der Waals surface area contributed by atoms with E-state index in [0.717, 1.165) is 34.0 Å². The van der Waals surface area contributed by atoms with Crippen LogP contribution in [0.15, 0.2) is 162 Å². The van der Waals surface area contributed by atoms with E-state index in [-0.39, 0.29) is 0 Å². The molecular formula is C43H29NOSi. The second kappa shape index (κ2) is 9.68.